The molecule has 1 atom stereocenters. The standard InChI is InChI=1S/C19H31N5O3/c1-6-20-17(22-12-14-7-8-16(26-5)21-11-14)24-10-9-15(13-24)23-18(25)27-19(2,3)4/h7-8,11,15H,6,9-10,12-13H2,1-5H3,(H,20,22)(H,23,25). The van der Waals surface area contributed by atoms with Gasteiger partial charge in [-0.15, -0.1) is 0 Å². The molecule has 1 saturated heterocycles. The number of hydrogen-bond donors (Lipinski definition) is 2. The lowest BCUT2D eigenvalue weighted by atomic mass is 10.2. The molecule has 0 saturated carbocycles. The van der Waals surface area contributed by atoms with Gasteiger partial charge in [0.15, 0.2) is 5.96 Å². The molecule has 1 aliphatic heterocycles. The lowest BCUT2D eigenvalue weighted by Gasteiger charge is -2.23. The first-order valence-electron chi connectivity index (χ1n) is 9.32. The van der Waals surface area contributed by atoms with Crippen LogP contribution in [-0.2, 0) is 11.3 Å². The van der Waals surface area contributed by atoms with Gasteiger partial charge in [-0.25, -0.2) is 14.8 Å². The molecular weight excluding hydrogens is 346 g/mol. The molecule has 0 aromatic carbocycles. The summed E-state index contributed by atoms with van der Waals surface area (Å²) in [7, 11) is 1.60. The van der Waals surface area contributed by atoms with Gasteiger partial charge < -0.3 is 25.0 Å². The zero-order valence-electron chi connectivity index (χ0n) is 16.9. The summed E-state index contributed by atoms with van der Waals surface area (Å²) in [5.41, 5.74) is 0.513. The normalized spacial score (nSPS) is 17.6. The topological polar surface area (TPSA) is 88.1 Å². The van der Waals surface area contributed by atoms with Crippen molar-refractivity contribution in [2.75, 3.05) is 26.7 Å². The van der Waals surface area contributed by atoms with Crippen molar-refractivity contribution in [3.8, 4) is 5.88 Å². The highest BCUT2D eigenvalue weighted by molar-refractivity contribution is 5.80. The summed E-state index contributed by atoms with van der Waals surface area (Å²) in [5.74, 6) is 1.42. The van der Waals surface area contributed by atoms with Crippen molar-refractivity contribution in [3.63, 3.8) is 0 Å². The van der Waals surface area contributed by atoms with Crippen molar-refractivity contribution < 1.29 is 14.3 Å². The van der Waals surface area contributed by atoms with Crippen LogP contribution >= 0.6 is 0 Å². The molecule has 0 spiro atoms. The molecule has 2 rings (SSSR count). The van der Waals surface area contributed by atoms with Gasteiger partial charge in [0.1, 0.15) is 5.60 Å². The molecule has 1 aromatic heterocycles. The van der Waals surface area contributed by atoms with Crippen LogP contribution in [0.2, 0.25) is 0 Å². The van der Waals surface area contributed by atoms with Crippen LogP contribution in [0.5, 0.6) is 5.88 Å². The molecule has 1 fully saturated rings. The van der Waals surface area contributed by atoms with E-state index in [9.17, 15) is 4.79 Å². The van der Waals surface area contributed by atoms with E-state index in [-0.39, 0.29) is 12.1 Å². The summed E-state index contributed by atoms with van der Waals surface area (Å²) in [4.78, 5) is 23.0. The average Bonchev–Trinajstić information content (AvgIpc) is 3.05. The van der Waals surface area contributed by atoms with Crippen molar-refractivity contribution in [3.05, 3.63) is 23.9 Å². The Labute approximate surface area is 161 Å². The van der Waals surface area contributed by atoms with E-state index in [1.807, 2.05) is 39.8 Å². The van der Waals surface area contributed by atoms with Crippen LogP contribution in [0.25, 0.3) is 0 Å². The van der Waals surface area contributed by atoms with E-state index >= 15 is 0 Å². The molecule has 1 aromatic rings. The Bertz CT molecular complexity index is 640. The number of carbonyl (C=O) groups excluding carboxylic acids is 1. The van der Waals surface area contributed by atoms with Crippen LogP contribution in [0.1, 0.15) is 39.7 Å². The number of amides is 1. The van der Waals surface area contributed by atoms with Gasteiger partial charge in [-0.1, -0.05) is 6.07 Å². The number of pyridine rings is 1. The molecule has 8 heteroatoms. The fraction of sp³-hybridized carbons (Fsp3) is 0.632. The summed E-state index contributed by atoms with van der Waals surface area (Å²) in [6.45, 7) is 10.4. The molecule has 2 heterocycles. The highest BCUT2D eigenvalue weighted by atomic mass is 16.6. The van der Waals surface area contributed by atoms with E-state index in [0.29, 0.717) is 19.0 Å². The number of alkyl carbamates (subject to hydrolysis) is 1. The Kier molecular flexibility index (Phi) is 7.27. The number of aromatic nitrogens is 1. The third-order valence-corrected chi connectivity index (χ3v) is 3.96. The van der Waals surface area contributed by atoms with Crippen molar-refractivity contribution in [2.24, 2.45) is 4.99 Å². The Morgan fingerprint density at radius 3 is 2.78 bits per heavy atom. The zero-order valence-corrected chi connectivity index (χ0v) is 16.9. The number of rotatable bonds is 5. The predicted molar refractivity (Wildman–Crippen MR) is 105 cm³/mol. The Hall–Kier alpha value is -2.51. The van der Waals surface area contributed by atoms with Gasteiger partial charge in [0, 0.05) is 31.9 Å². The third-order valence-electron chi connectivity index (χ3n) is 3.96. The number of guanidine groups is 1. The van der Waals surface area contributed by atoms with Gasteiger partial charge in [0.25, 0.3) is 0 Å². The fourth-order valence-electron chi connectivity index (χ4n) is 2.76. The number of methoxy groups -OCH3 is 1. The van der Waals surface area contributed by atoms with E-state index in [2.05, 4.69) is 20.5 Å². The van der Waals surface area contributed by atoms with Crippen LogP contribution < -0.4 is 15.4 Å². The van der Waals surface area contributed by atoms with E-state index in [1.54, 1.807) is 13.3 Å². The second-order valence-electron chi connectivity index (χ2n) is 7.46. The molecule has 8 nitrogen and oxygen atoms in total. The molecule has 1 unspecified atom stereocenters. The van der Waals surface area contributed by atoms with Crippen molar-refractivity contribution in [1.82, 2.24) is 20.5 Å². The maximum absolute atomic E-state index is 12.0. The second kappa shape index (κ2) is 9.43. The minimum absolute atomic E-state index is 0.0476. The van der Waals surface area contributed by atoms with Crippen LogP contribution in [0, 0.1) is 0 Å². The van der Waals surface area contributed by atoms with Gasteiger partial charge in [0.05, 0.1) is 19.7 Å². The van der Waals surface area contributed by atoms with E-state index in [1.165, 1.54) is 0 Å². The monoisotopic (exact) mass is 377 g/mol. The Balaban J connectivity index is 1.93. The molecule has 2 N–H and O–H groups in total. The molecule has 0 radical (unpaired) electrons. The van der Waals surface area contributed by atoms with E-state index in [0.717, 1.165) is 31.0 Å². The smallest absolute Gasteiger partial charge is 0.407 e. The van der Waals surface area contributed by atoms with Crippen molar-refractivity contribution in [2.45, 2.75) is 52.3 Å². The van der Waals surface area contributed by atoms with Crippen LogP contribution in [0.15, 0.2) is 23.3 Å². The lowest BCUT2D eigenvalue weighted by molar-refractivity contribution is 0.0507. The molecule has 0 bridgehead atoms. The second-order valence-corrected chi connectivity index (χ2v) is 7.46. The summed E-state index contributed by atoms with van der Waals surface area (Å²) in [5, 5.41) is 6.26. The number of likely N-dealkylation sites (tertiary alicyclic amines) is 1. The van der Waals surface area contributed by atoms with Crippen LogP contribution in [0.3, 0.4) is 0 Å². The lowest BCUT2D eigenvalue weighted by Crippen LogP contribution is -2.44. The van der Waals surface area contributed by atoms with Crippen LogP contribution in [-0.4, -0.2) is 60.3 Å². The minimum Gasteiger partial charge on any atom is -0.481 e. The van der Waals surface area contributed by atoms with Gasteiger partial charge in [0.2, 0.25) is 5.88 Å². The average molecular weight is 377 g/mol. The minimum atomic E-state index is -0.495. The first-order valence-corrected chi connectivity index (χ1v) is 9.32. The molecule has 0 aliphatic carbocycles. The Morgan fingerprint density at radius 2 is 2.19 bits per heavy atom. The summed E-state index contributed by atoms with van der Waals surface area (Å²) in [6.07, 6.45) is 2.25. The number of nitrogens with zero attached hydrogens (tertiary/aromatic N) is 3. The maximum Gasteiger partial charge on any atom is 0.407 e. The highest BCUT2D eigenvalue weighted by Gasteiger charge is 2.27. The summed E-state index contributed by atoms with van der Waals surface area (Å²) < 4.78 is 10.4. The van der Waals surface area contributed by atoms with Gasteiger partial charge >= 0.3 is 6.09 Å². The fourth-order valence-corrected chi connectivity index (χ4v) is 2.76. The number of carbonyl (C=O) groups is 1. The summed E-state index contributed by atoms with van der Waals surface area (Å²) in [6, 6.07) is 3.83. The highest BCUT2D eigenvalue weighted by Crippen LogP contribution is 2.13. The third kappa shape index (κ3) is 6.96. The predicted octanol–water partition coefficient (Wildman–Crippen LogP) is 2.15. The molecule has 1 amide bonds. The maximum atomic E-state index is 12.0. The van der Waals surface area contributed by atoms with Crippen LogP contribution in [0.4, 0.5) is 4.79 Å². The molecular formula is C19H31N5O3. The molecule has 27 heavy (non-hydrogen) atoms. The first-order chi connectivity index (χ1) is 12.8. The largest absolute Gasteiger partial charge is 0.481 e. The van der Waals surface area contributed by atoms with Crippen molar-refractivity contribution in [1.29, 1.82) is 0 Å². The molecule has 1 aliphatic rings. The number of aliphatic imine (C=N–C) groups is 1. The van der Waals surface area contributed by atoms with Gasteiger partial charge in [-0.3, -0.25) is 0 Å². The quantitative estimate of drug-likeness (QED) is 0.604. The Morgan fingerprint density at radius 1 is 1.41 bits per heavy atom. The van der Waals surface area contributed by atoms with E-state index < -0.39 is 5.60 Å². The zero-order chi connectivity index (χ0) is 19.9. The number of hydrogen-bond acceptors (Lipinski definition) is 5. The van der Waals surface area contributed by atoms with E-state index in [4.69, 9.17) is 14.5 Å². The number of nitrogens with one attached hydrogen (secondary N) is 2. The first kappa shape index (κ1) is 20.8. The van der Waals surface area contributed by atoms with Crippen molar-refractivity contribution >= 4 is 12.1 Å². The number of ether oxygens (including phenoxy) is 2. The summed E-state index contributed by atoms with van der Waals surface area (Å²) >= 11 is 0. The van der Waals surface area contributed by atoms with Gasteiger partial charge in [-0.05, 0) is 39.7 Å². The SMILES string of the molecule is CCNC(=NCc1ccc(OC)nc1)N1CCC(NC(=O)OC(C)(C)C)C1. The van der Waals surface area contributed by atoms with Gasteiger partial charge in [-0.2, -0.15) is 0 Å². The molecule has 150 valence electrons.